The van der Waals surface area contributed by atoms with Crippen molar-refractivity contribution in [1.29, 1.82) is 0 Å². The lowest BCUT2D eigenvalue weighted by Crippen LogP contribution is -2.48. The average Bonchev–Trinajstić information content (AvgIpc) is 2.33. The van der Waals surface area contributed by atoms with Gasteiger partial charge >= 0.3 is 0 Å². The van der Waals surface area contributed by atoms with Crippen LogP contribution in [0.1, 0.15) is 52.4 Å². The van der Waals surface area contributed by atoms with Gasteiger partial charge in [0.05, 0.1) is 6.10 Å². The Kier molecular flexibility index (Phi) is 4.26. The largest absolute Gasteiger partial charge is 0.393 e. The van der Waals surface area contributed by atoms with Gasteiger partial charge in [-0.2, -0.15) is 0 Å². The lowest BCUT2D eigenvalue weighted by Gasteiger charge is -2.42. The zero-order chi connectivity index (χ0) is 11.5. The van der Waals surface area contributed by atoms with E-state index in [1.54, 1.807) is 0 Å². The maximum Gasteiger partial charge on any atom is 0.0590 e. The van der Waals surface area contributed by atoms with Crippen LogP contribution >= 0.6 is 0 Å². The van der Waals surface area contributed by atoms with Crippen LogP contribution in [0.4, 0.5) is 0 Å². The first kappa shape index (κ1) is 12.4. The van der Waals surface area contributed by atoms with E-state index in [1.807, 2.05) is 0 Å². The maximum absolute atomic E-state index is 9.77. The summed E-state index contributed by atoms with van der Waals surface area (Å²) in [5, 5.41) is 9.77. The Labute approximate surface area is 100 Å². The van der Waals surface area contributed by atoms with Crippen molar-refractivity contribution in [3.05, 3.63) is 0 Å². The van der Waals surface area contributed by atoms with E-state index in [4.69, 9.17) is 0 Å². The maximum atomic E-state index is 9.77. The van der Waals surface area contributed by atoms with Crippen molar-refractivity contribution in [3.8, 4) is 0 Å². The van der Waals surface area contributed by atoms with Crippen molar-refractivity contribution in [1.82, 2.24) is 4.90 Å². The molecule has 2 heteroatoms. The second-order valence-electron chi connectivity index (χ2n) is 5.92. The molecular weight excluding hydrogens is 198 g/mol. The quantitative estimate of drug-likeness (QED) is 0.781. The molecule has 2 aliphatic rings. The normalized spacial score (nSPS) is 42.2. The van der Waals surface area contributed by atoms with Crippen LogP contribution < -0.4 is 0 Å². The third-order valence-electron chi connectivity index (χ3n) is 4.74. The van der Waals surface area contributed by atoms with Crippen LogP contribution in [0, 0.1) is 11.8 Å². The van der Waals surface area contributed by atoms with E-state index in [1.165, 1.54) is 32.1 Å². The van der Waals surface area contributed by atoms with Gasteiger partial charge in [0.15, 0.2) is 0 Å². The first-order chi connectivity index (χ1) is 7.70. The summed E-state index contributed by atoms with van der Waals surface area (Å²) in [7, 11) is 0. The van der Waals surface area contributed by atoms with Crippen molar-refractivity contribution in [3.63, 3.8) is 0 Å². The summed E-state index contributed by atoms with van der Waals surface area (Å²) in [6.07, 6.45) is 7.92. The molecule has 4 unspecified atom stereocenters. The third-order valence-corrected chi connectivity index (χ3v) is 4.74. The summed E-state index contributed by atoms with van der Waals surface area (Å²) in [5.74, 6) is 1.43. The Bertz CT molecular complexity index is 215. The minimum atomic E-state index is -0.0539. The minimum absolute atomic E-state index is 0.0539. The molecule has 1 heterocycles. The molecule has 0 radical (unpaired) electrons. The molecule has 4 atom stereocenters. The molecule has 0 aromatic rings. The molecule has 2 nitrogen and oxygen atoms in total. The summed E-state index contributed by atoms with van der Waals surface area (Å²) in [4.78, 5) is 2.65. The van der Waals surface area contributed by atoms with Crippen molar-refractivity contribution < 1.29 is 5.11 Å². The van der Waals surface area contributed by atoms with E-state index in [-0.39, 0.29) is 6.10 Å². The van der Waals surface area contributed by atoms with E-state index >= 15 is 0 Å². The molecule has 2 fully saturated rings. The van der Waals surface area contributed by atoms with Crippen molar-refractivity contribution in [2.45, 2.75) is 64.5 Å². The van der Waals surface area contributed by atoms with Crippen LogP contribution in [-0.4, -0.2) is 35.2 Å². The first-order valence-corrected chi connectivity index (χ1v) is 7.12. The lowest BCUT2D eigenvalue weighted by atomic mass is 9.82. The van der Waals surface area contributed by atoms with Gasteiger partial charge in [0.2, 0.25) is 0 Å². The van der Waals surface area contributed by atoms with Gasteiger partial charge < -0.3 is 5.11 Å². The highest BCUT2D eigenvalue weighted by Crippen LogP contribution is 2.31. The smallest absolute Gasteiger partial charge is 0.0590 e. The Hall–Kier alpha value is -0.0800. The minimum Gasteiger partial charge on any atom is -0.393 e. The molecular formula is C14H27NO. The number of aliphatic hydroxyl groups excluding tert-OH is 1. The highest BCUT2D eigenvalue weighted by Gasteiger charge is 2.31. The van der Waals surface area contributed by atoms with E-state index < -0.39 is 0 Å². The van der Waals surface area contributed by atoms with Gasteiger partial charge in [-0.1, -0.05) is 33.1 Å². The predicted molar refractivity (Wildman–Crippen MR) is 67.4 cm³/mol. The number of likely N-dealkylation sites (tertiary alicyclic amines) is 1. The van der Waals surface area contributed by atoms with Crippen LogP contribution in [0.25, 0.3) is 0 Å². The van der Waals surface area contributed by atoms with Crippen molar-refractivity contribution >= 4 is 0 Å². The molecule has 0 aromatic carbocycles. The predicted octanol–water partition coefficient (Wildman–Crippen LogP) is 2.66. The van der Waals surface area contributed by atoms with E-state index in [0.717, 1.165) is 31.5 Å². The molecule has 1 aliphatic heterocycles. The average molecular weight is 225 g/mol. The van der Waals surface area contributed by atoms with Crippen LogP contribution in [0.15, 0.2) is 0 Å². The Morgan fingerprint density at radius 2 is 2.06 bits per heavy atom. The number of rotatable bonds is 2. The molecule has 0 bridgehead atoms. The first-order valence-electron chi connectivity index (χ1n) is 7.12. The van der Waals surface area contributed by atoms with E-state index in [2.05, 4.69) is 18.7 Å². The summed E-state index contributed by atoms with van der Waals surface area (Å²) < 4.78 is 0. The standard InChI is InChI=1S/C14H27NO/c1-3-12-5-4-6-13(9-12)15-8-7-14(16)11(2)10-15/h11-14,16H,3-10H2,1-2H3. The monoisotopic (exact) mass is 225 g/mol. The molecule has 0 amide bonds. The summed E-state index contributed by atoms with van der Waals surface area (Å²) in [6.45, 7) is 6.75. The topological polar surface area (TPSA) is 23.5 Å². The van der Waals surface area contributed by atoms with Gasteiger partial charge in [0.1, 0.15) is 0 Å². The van der Waals surface area contributed by atoms with Crippen molar-refractivity contribution in [2.75, 3.05) is 13.1 Å². The number of hydrogen-bond acceptors (Lipinski definition) is 2. The number of piperidine rings is 1. The van der Waals surface area contributed by atoms with Crippen LogP contribution in [0.3, 0.4) is 0 Å². The second kappa shape index (κ2) is 5.50. The molecule has 1 saturated heterocycles. The van der Waals surface area contributed by atoms with Crippen LogP contribution in [-0.2, 0) is 0 Å². The van der Waals surface area contributed by atoms with Gasteiger partial charge in [-0.3, -0.25) is 4.90 Å². The highest BCUT2D eigenvalue weighted by atomic mass is 16.3. The summed E-state index contributed by atoms with van der Waals surface area (Å²) in [5.41, 5.74) is 0. The molecule has 1 saturated carbocycles. The Morgan fingerprint density at radius 1 is 1.25 bits per heavy atom. The molecule has 2 rings (SSSR count). The lowest BCUT2D eigenvalue weighted by molar-refractivity contribution is 0.00461. The zero-order valence-corrected chi connectivity index (χ0v) is 10.9. The molecule has 16 heavy (non-hydrogen) atoms. The number of nitrogens with zero attached hydrogens (tertiary/aromatic N) is 1. The molecule has 0 spiro atoms. The van der Waals surface area contributed by atoms with Gasteiger partial charge in [-0.15, -0.1) is 0 Å². The molecule has 0 aromatic heterocycles. The third kappa shape index (κ3) is 2.78. The van der Waals surface area contributed by atoms with Gasteiger partial charge in [-0.05, 0) is 31.1 Å². The van der Waals surface area contributed by atoms with Gasteiger partial charge in [0.25, 0.3) is 0 Å². The van der Waals surface area contributed by atoms with Crippen LogP contribution in [0.2, 0.25) is 0 Å². The van der Waals surface area contributed by atoms with Crippen LogP contribution in [0.5, 0.6) is 0 Å². The van der Waals surface area contributed by atoms with Crippen molar-refractivity contribution in [2.24, 2.45) is 11.8 Å². The van der Waals surface area contributed by atoms with E-state index in [9.17, 15) is 5.11 Å². The number of aliphatic hydroxyl groups is 1. The second-order valence-corrected chi connectivity index (χ2v) is 5.92. The van der Waals surface area contributed by atoms with E-state index in [0.29, 0.717) is 5.92 Å². The zero-order valence-electron chi connectivity index (χ0n) is 10.9. The summed E-state index contributed by atoms with van der Waals surface area (Å²) in [6, 6.07) is 0.814. The Morgan fingerprint density at radius 3 is 2.75 bits per heavy atom. The fourth-order valence-electron chi connectivity index (χ4n) is 3.46. The molecule has 1 aliphatic carbocycles. The molecule has 94 valence electrons. The fraction of sp³-hybridized carbons (Fsp3) is 1.00. The van der Waals surface area contributed by atoms with Gasteiger partial charge in [0, 0.05) is 19.1 Å². The summed E-state index contributed by atoms with van der Waals surface area (Å²) >= 11 is 0. The highest BCUT2D eigenvalue weighted by molar-refractivity contribution is 4.85. The number of hydrogen-bond donors (Lipinski definition) is 1. The Balaban J connectivity index is 1.87. The molecule has 1 N–H and O–H groups in total. The van der Waals surface area contributed by atoms with Gasteiger partial charge in [-0.25, -0.2) is 0 Å². The fourth-order valence-corrected chi connectivity index (χ4v) is 3.46. The SMILES string of the molecule is CCC1CCCC(N2CCC(O)C(C)C2)C1.